The predicted octanol–water partition coefficient (Wildman–Crippen LogP) is 4.58. The van der Waals surface area contributed by atoms with E-state index in [0.717, 1.165) is 6.07 Å². The van der Waals surface area contributed by atoms with Crippen molar-refractivity contribution in [2.24, 2.45) is 0 Å². The first-order valence-corrected chi connectivity index (χ1v) is 11.4. The summed E-state index contributed by atoms with van der Waals surface area (Å²) in [6.07, 6.45) is -2.88. The molecule has 1 fully saturated rings. The average molecular weight is 538 g/mol. The van der Waals surface area contributed by atoms with Crippen molar-refractivity contribution in [2.45, 2.75) is 25.8 Å². The Balaban J connectivity index is 1.71. The molecule has 1 heterocycles. The van der Waals surface area contributed by atoms with Crippen LogP contribution in [0.4, 0.5) is 25.8 Å². The van der Waals surface area contributed by atoms with E-state index in [-0.39, 0.29) is 29.7 Å². The molecule has 38 heavy (non-hydrogen) atoms. The van der Waals surface area contributed by atoms with E-state index < -0.39 is 36.0 Å². The van der Waals surface area contributed by atoms with E-state index >= 15 is 0 Å². The highest BCUT2D eigenvalue weighted by atomic mass is 32.1. The third kappa shape index (κ3) is 6.24. The van der Waals surface area contributed by atoms with Crippen molar-refractivity contribution < 1.29 is 33.0 Å². The number of amides is 1. The van der Waals surface area contributed by atoms with Gasteiger partial charge in [-0.2, -0.15) is 0 Å². The molecule has 0 spiro atoms. The second kappa shape index (κ2) is 12.2. The zero-order valence-corrected chi connectivity index (χ0v) is 21.1. The first-order chi connectivity index (χ1) is 18.1. The standard InChI is InChI=1S/C27H21F2N3O5S/c1-27(2)25(35)31(19-10-13-22(30-3)21(16-19)24(28)29)26(38)32(27)18-8-11-20(12-9-18)37-15-7-5-4-6-14-36-17-23(33)34/h8-13,16,24H,14-15,17H2,1-2H3,(H,33,34). The minimum absolute atomic E-state index is 0.0440. The normalized spacial score (nSPS) is 13.9. The van der Waals surface area contributed by atoms with Crippen LogP contribution in [0.1, 0.15) is 25.8 Å². The van der Waals surface area contributed by atoms with Crippen molar-refractivity contribution in [3.8, 4) is 29.4 Å². The summed E-state index contributed by atoms with van der Waals surface area (Å²) in [6.45, 7) is 10.0. The van der Waals surface area contributed by atoms with Crippen LogP contribution in [0, 0.1) is 30.3 Å². The SMILES string of the molecule is [C-]#[N+]c1ccc(N2C(=O)C(C)(C)N(c3ccc(OCC#CC#CCOCC(=O)O)cc3)C2=S)cc1C(F)F. The number of halogens is 2. The van der Waals surface area contributed by atoms with Crippen molar-refractivity contribution >= 4 is 46.3 Å². The number of benzene rings is 2. The second-order valence-corrected chi connectivity index (χ2v) is 8.61. The van der Waals surface area contributed by atoms with Gasteiger partial charge in [0.15, 0.2) is 10.8 Å². The van der Waals surface area contributed by atoms with E-state index in [9.17, 15) is 18.4 Å². The Labute approximate surface area is 223 Å². The molecule has 8 nitrogen and oxygen atoms in total. The molecule has 3 rings (SSSR count). The van der Waals surface area contributed by atoms with Gasteiger partial charge in [-0.15, -0.1) is 0 Å². The number of thiocarbonyl (C=S) groups is 1. The number of alkyl halides is 2. The van der Waals surface area contributed by atoms with Gasteiger partial charge in [0.05, 0.1) is 6.57 Å². The molecule has 1 saturated heterocycles. The average Bonchev–Trinajstić information content (AvgIpc) is 3.06. The summed E-state index contributed by atoms with van der Waals surface area (Å²) in [7, 11) is 0. The van der Waals surface area contributed by atoms with Gasteiger partial charge in [0.25, 0.3) is 12.3 Å². The molecule has 1 aliphatic rings. The Bertz CT molecular complexity index is 1410. The maximum absolute atomic E-state index is 13.5. The van der Waals surface area contributed by atoms with Gasteiger partial charge in [-0.1, -0.05) is 12.0 Å². The molecular formula is C27H21F2N3O5S. The highest BCUT2D eigenvalue weighted by molar-refractivity contribution is 7.81. The topological polar surface area (TPSA) is 83.7 Å². The quantitative estimate of drug-likeness (QED) is 0.229. The summed E-state index contributed by atoms with van der Waals surface area (Å²) in [5, 5.41) is 8.56. The van der Waals surface area contributed by atoms with Crippen LogP contribution in [0.15, 0.2) is 42.5 Å². The first-order valence-electron chi connectivity index (χ1n) is 11.0. The highest BCUT2D eigenvalue weighted by Crippen LogP contribution is 2.39. The number of aliphatic carboxylic acids is 1. The van der Waals surface area contributed by atoms with Crippen molar-refractivity contribution in [1.82, 2.24) is 0 Å². The number of carbonyl (C=O) groups excluding carboxylic acids is 1. The number of hydrogen-bond acceptors (Lipinski definition) is 5. The fourth-order valence-electron chi connectivity index (χ4n) is 3.57. The van der Waals surface area contributed by atoms with E-state index in [0.29, 0.717) is 11.4 Å². The number of carboxylic acid groups (broad SMARTS) is 1. The van der Waals surface area contributed by atoms with Gasteiger partial charge >= 0.3 is 5.97 Å². The van der Waals surface area contributed by atoms with Crippen LogP contribution in [0.5, 0.6) is 5.75 Å². The number of anilines is 2. The van der Waals surface area contributed by atoms with Crippen LogP contribution in [0.3, 0.4) is 0 Å². The summed E-state index contributed by atoms with van der Waals surface area (Å²) < 4.78 is 37.3. The Morgan fingerprint density at radius 2 is 1.76 bits per heavy atom. The summed E-state index contributed by atoms with van der Waals surface area (Å²) in [6, 6.07) is 10.6. The fourth-order valence-corrected chi connectivity index (χ4v) is 4.10. The third-order valence-corrected chi connectivity index (χ3v) is 5.70. The molecule has 1 aliphatic heterocycles. The smallest absolute Gasteiger partial charge is 0.329 e. The Morgan fingerprint density at radius 1 is 1.13 bits per heavy atom. The van der Waals surface area contributed by atoms with Crippen molar-refractivity contribution in [1.29, 1.82) is 0 Å². The van der Waals surface area contributed by atoms with Gasteiger partial charge in [-0.05, 0) is 80.2 Å². The molecule has 0 bridgehead atoms. The summed E-state index contributed by atoms with van der Waals surface area (Å²) >= 11 is 5.59. The summed E-state index contributed by atoms with van der Waals surface area (Å²) in [5.74, 6) is 9.37. The van der Waals surface area contributed by atoms with Gasteiger partial charge in [0.1, 0.15) is 31.1 Å². The van der Waals surface area contributed by atoms with Gasteiger partial charge < -0.3 is 19.5 Å². The maximum Gasteiger partial charge on any atom is 0.329 e. The zero-order valence-electron chi connectivity index (χ0n) is 20.3. The Kier molecular flexibility index (Phi) is 8.98. The van der Waals surface area contributed by atoms with Gasteiger partial charge in [0.2, 0.25) is 0 Å². The van der Waals surface area contributed by atoms with Gasteiger partial charge in [-0.3, -0.25) is 9.69 Å². The molecule has 1 N–H and O–H groups in total. The van der Waals surface area contributed by atoms with Crippen LogP contribution in [-0.2, 0) is 14.3 Å². The number of nitrogens with zero attached hydrogens (tertiary/aromatic N) is 3. The number of hydrogen-bond donors (Lipinski definition) is 1. The maximum atomic E-state index is 13.5. The molecule has 0 unspecified atom stereocenters. The molecule has 0 saturated carbocycles. The summed E-state index contributed by atoms with van der Waals surface area (Å²) in [5.41, 5.74) is -1.01. The lowest BCUT2D eigenvalue weighted by Gasteiger charge is -2.29. The zero-order chi connectivity index (χ0) is 27.9. The van der Waals surface area contributed by atoms with Crippen LogP contribution in [0.25, 0.3) is 4.85 Å². The molecule has 0 aromatic heterocycles. The molecule has 194 valence electrons. The van der Waals surface area contributed by atoms with Crippen molar-refractivity contribution in [3.05, 3.63) is 59.4 Å². The molecule has 2 aromatic rings. The number of carbonyl (C=O) groups is 2. The number of rotatable bonds is 8. The van der Waals surface area contributed by atoms with Crippen LogP contribution in [-0.4, -0.2) is 47.5 Å². The molecule has 2 aromatic carbocycles. The number of ether oxygens (including phenoxy) is 2. The third-order valence-electron chi connectivity index (χ3n) is 5.34. The largest absolute Gasteiger partial charge is 0.481 e. The van der Waals surface area contributed by atoms with Crippen LogP contribution in [0.2, 0.25) is 0 Å². The van der Waals surface area contributed by atoms with E-state index in [1.807, 2.05) is 0 Å². The fraction of sp³-hybridized carbons (Fsp3) is 0.259. The monoisotopic (exact) mass is 537 g/mol. The Hall–Kier alpha value is -4.50. The second-order valence-electron chi connectivity index (χ2n) is 8.25. The van der Waals surface area contributed by atoms with Crippen molar-refractivity contribution in [2.75, 3.05) is 29.6 Å². The minimum atomic E-state index is -2.88. The molecule has 0 atom stereocenters. The van der Waals surface area contributed by atoms with Crippen LogP contribution >= 0.6 is 12.2 Å². The van der Waals surface area contributed by atoms with E-state index in [2.05, 4.69) is 28.5 Å². The molecule has 11 heteroatoms. The lowest BCUT2D eigenvalue weighted by atomic mass is 10.0. The molecule has 0 aliphatic carbocycles. The first kappa shape index (κ1) is 28.1. The van der Waals surface area contributed by atoms with Crippen LogP contribution < -0.4 is 14.5 Å². The lowest BCUT2D eigenvalue weighted by molar-refractivity contribution is -0.141. The highest BCUT2D eigenvalue weighted by Gasteiger charge is 2.50. The molecule has 0 radical (unpaired) electrons. The van der Waals surface area contributed by atoms with E-state index in [4.69, 9.17) is 33.4 Å². The lowest BCUT2D eigenvalue weighted by Crippen LogP contribution is -2.44. The Morgan fingerprint density at radius 3 is 2.37 bits per heavy atom. The van der Waals surface area contributed by atoms with E-state index in [1.165, 1.54) is 17.0 Å². The molecule has 1 amide bonds. The van der Waals surface area contributed by atoms with Gasteiger partial charge in [0, 0.05) is 16.9 Å². The van der Waals surface area contributed by atoms with Crippen molar-refractivity contribution in [3.63, 3.8) is 0 Å². The van der Waals surface area contributed by atoms with Gasteiger partial charge in [-0.25, -0.2) is 18.4 Å². The van der Waals surface area contributed by atoms with E-state index in [1.54, 1.807) is 43.0 Å². The summed E-state index contributed by atoms with van der Waals surface area (Å²) in [4.78, 5) is 29.6. The predicted molar refractivity (Wildman–Crippen MR) is 140 cm³/mol. The molecular weight excluding hydrogens is 516 g/mol. The minimum Gasteiger partial charge on any atom is -0.481 e. The number of carboxylic acids is 1.